The van der Waals surface area contributed by atoms with Crippen LogP contribution in [0.5, 0.6) is 5.75 Å². The smallest absolute Gasteiger partial charge is 0.303 e. The van der Waals surface area contributed by atoms with Gasteiger partial charge in [0.2, 0.25) is 0 Å². The van der Waals surface area contributed by atoms with E-state index < -0.39 is 11.7 Å². The molecule has 2 aromatic carbocycles. The Morgan fingerprint density at radius 2 is 1.91 bits per heavy atom. The van der Waals surface area contributed by atoms with Gasteiger partial charge in [-0.15, -0.1) is 0 Å². The van der Waals surface area contributed by atoms with E-state index in [2.05, 4.69) is 10.1 Å². The Kier molecular flexibility index (Phi) is 6.53. The van der Waals surface area contributed by atoms with Crippen LogP contribution in [0.4, 0.5) is 0 Å². The van der Waals surface area contributed by atoms with E-state index in [1.807, 2.05) is 30.1 Å². The predicted molar refractivity (Wildman–Crippen MR) is 125 cm³/mol. The van der Waals surface area contributed by atoms with Crippen molar-refractivity contribution in [3.63, 3.8) is 0 Å². The fourth-order valence-electron chi connectivity index (χ4n) is 3.96. The van der Waals surface area contributed by atoms with Crippen molar-refractivity contribution < 1.29 is 19.4 Å². The molecule has 0 aliphatic carbocycles. The molecule has 0 spiro atoms. The minimum Gasteiger partial charge on any atom is -0.481 e. The average molecular weight is 454 g/mol. The van der Waals surface area contributed by atoms with Gasteiger partial charge >= 0.3 is 5.97 Å². The number of carboxylic acids is 1. The van der Waals surface area contributed by atoms with Crippen LogP contribution in [0.2, 0.25) is 0 Å². The van der Waals surface area contributed by atoms with Crippen LogP contribution in [0.25, 0.3) is 0 Å². The molecule has 2 heterocycles. The Morgan fingerprint density at radius 1 is 1.22 bits per heavy atom. The van der Waals surface area contributed by atoms with E-state index in [1.54, 1.807) is 37.3 Å². The van der Waals surface area contributed by atoms with Gasteiger partial charge in [0.05, 0.1) is 12.6 Å². The van der Waals surface area contributed by atoms with Gasteiger partial charge in [0.25, 0.3) is 0 Å². The second-order valence-corrected chi connectivity index (χ2v) is 9.59. The van der Waals surface area contributed by atoms with Gasteiger partial charge in [-0.05, 0) is 42.7 Å². The van der Waals surface area contributed by atoms with Crippen molar-refractivity contribution in [1.29, 1.82) is 0 Å². The van der Waals surface area contributed by atoms with Crippen LogP contribution in [0.3, 0.4) is 0 Å². The fourth-order valence-corrected chi connectivity index (χ4v) is 4.84. The maximum Gasteiger partial charge on any atom is 0.303 e. The van der Waals surface area contributed by atoms with Gasteiger partial charge < -0.3 is 9.84 Å². The van der Waals surface area contributed by atoms with Crippen LogP contribution in [-0.4, -0.2) is 58.4 Å². The van der Waals surface area contributed by atoms with Crippen LogP contribution in [-0.2, 0) is 11.2 Å². The lowest BCUT2D eigenvalue weighted by molar-refractivity contribution is -0.140. The monoisotopic (exact) mass is 453 g/mol. The molecule has 3 N–H and O–H groups in total. The number of fused-ring (bicyclic) bond motifs is 1. The van der Waals surface area contributed by atoms with Gasteiger partial charge in [-0.3, -0.25) is 20.3 Å². The summed E-state index contributed by atoms with van der Waals surface area (Å²) in [7, 11) is 0. The van der Waals surface area contributed by atoms with Crippen molar-refractivity contribution in [2.75, 3.05) is 24.6 Å². The summed E-state index contributed by atoms with van der Waals surface area (Å²) in [6.07, 6.45) is 2.18. The Labute approximate surface area is 191 Å². The average Bonchev–Trinajstić information content (AvgIpc) is 2.78. The Morgan fingerprint density at radius 3 is 2.59 bits per heavy atom. The summed E-state index contributed by atoms with van der Waals surface area (Å²) in [5.74, 6) is 1.39. The van der Waals surface area contributed by atoms with Crippen LogP contribution < -0.4 is 10.5 Å². The quantitative estimate of drug-likeness (QED) is 0.512. The van der Waals surface area contributed by atoms with Crippen molar-refractivity contribution in [1.82, 2.24) is 5.01 Å². The molecule has 0 bridgehead atoms. The number of carbonyl (C=O) groups excluding carboxylic acids is 1. The summed E-state index contributed by atoms with van der Waals surface area (Å²) in [4.78, 5) is 24.2. The molecule has 2 aromatic rings. The third kappa shape index (κ3) is 5.14. The number of carboxylic acid groups (broad SMARTS) is 1. The van der Waals surface area contributed by atoms with Crippen molar-refractivity contribution in [3.8, 4) is 5.75 Å². The van der Waals surface area contributed by atoms with Crippen molar-refractivity contribution in [2.24, 2.45) is 16.8 Å². The minimum atomic E-state index is -1.07. The van der Waals surface area contributed by atoms with E-state index in [0.29, 0.717) is 23.3 Å². The lowest BCUT2D eigenvalue weighted by Gasteiger charge is -2.39. The van der Waals surface area contributed by atoms with E-state index in [4.69, 9.17) is 10.5 Å². The SMILES string of the molecule is CC1(N)Oc2ccc(C(=O)c3ccc(C=NN4CCSCC4)cc3)cc2CC1CC(=O)O. The lowest BCUT2D eigenvalue weighted by Crippen LogP contribution is -2.53. The number of hydrogen-bond acceptors (Lipinski definition) is 7. The number of nitrogens with zero attached hydrogens (tertiary/aromatic N) is 2. The first-order chi connectivity index (χ1) is 15.3. The highest BCUT2D eigenvalue weighted by Gasteiger charge is 2.39. The Balaban J connectivity index is 1.48. The number of carbonyl (C=O) groups is 2. The lowest BCUT2D eigenvalue weighted by atomic mass is 9.84. The van der Waals surface area contributed by atoms with Crippen LogP contribution >= 0.6 is 11.8 Å². The van der Waals surface area contributed by atoms with Crippen LogP contribution in [0.15, 0.2) is 47.6 Å². The van der Waals surface area contributed by atoms with Crippen molar-refractivity contribution in [3.05, 3.63) is 64.7 Å². The number of aliphatic carboxylic acids is 1. The molecule has 32 heavy (non-hydrogen) atoms. The second-order valence-electron chi connectivity index (χ2n) is 8.37. The van der Waals surface area contributed by atoms with Gasteiger partial charge in [-0.2, -0.15) is 16.9 Å². The number of ketones is 1. The van der Waals surface area contributed by atoms with Gasteiger partial charge in [-0.25, -0.2) is 0 Å². The standard InChI is InChI=1S/C24H27N3O4S/c1-24(25)20(14-22(28)29)13-19-12-18(6-7-21(19)31-24)23(30)17-4-2-16(3-5-17)15-26-27-8-10-32-11-9-27/h2-7,12,15,20H,8-11,13-14,25H2,1H3,(H,28,29). The summed E-state index contributed by atoms with van der Waals surface area (Å²) < 4.78 is 5.85. The molecule has 1 saturated heterocycles. The minimum absolute atomic E-state index is 0.0934. The summed E-state index contributed by atoms with van der Waals surface area (Å²) in [5, 5.41) is 15.8. The summed E-state index contributed by atoms with van der Waals surface area (Å²) in [6.45, 7) is 3.60. The largest absolute Gasteiger partial charge is 0.481 e. The van der Waals surface area contributed by atoms with E-state index in [0.717, 1.165) is 35.7 Å². The third-order valence-corrected chi connectivity index (χ3v) is 6.82. The normalized spacial score (nSPS) is 22.9. The van der Waals surface area contributed by atoms with E-state index in [1.165, 1.54) is 0 Å². The molecule has 4 rings (SSSR count). The van der Waals surface area contributed by atoms with Gasteiger partial charge in [-0.1, -0.05) is 24.3 Å². The number of hydrogen-bond donors (Lipinski definition) is 2. The van der Waals surface area contributed by atoms with Crippen molar-refractivity contribution in [2.45, 2.75) is 25.5 Å². The highest BCUT2D eigenvalue weighted by Crippen LogP contribution is 2.37. The maximum atomic E-state index is 13.0. The van der Waals surface area contributed by atoms with Gasteiger partial charge in [0.1, 0.15) is 5.75 Å². The molecule has 2 unspecified atom stereocenters. The van der Waals surface area contributed by atoms with E-state index in [9.17, 15) is 14.7 Å². The molecule has 0 amide bonds. The van der Waals surface area contributed by atoms with Crippen molar-refractivity contribution >= 4 is 29.7 Å². The van der Waals surface area contributed by atoms with E-state index in [-0.39, 0.29) is 18.1 Å². The molecular weight excluding hydrogens is 426 g/mol. The number of rotatable bonds is 6. The zero-order valence-corrected chi connectivity index (χ0v) is 18.8. The molecule has 0 aromatic heterocycles. The Bertz CT molecular complexity index is 1030. The molecule has 0 saturated carbocycles. The first-order valence-corrected chi connectivity index (χ1v) is 11.8. The molecule has 2 atom stereocenters. The molecule has 8 heteroatoms. The number of ether oxygens (including phenoxy) is 1. The zero-order valence-electron chi connectivity index (χ0n) is 18.0. The zero-order chi connectivity index (χ0) is 22.7. The topological polar surface area (TPSA) is 105 Å². The summed E-state index contributed by atoms with van der Waals surface area (Å²) in [6, 6.07) is 12.6. The number of nitrogens with two attached hydrogens (primary N) is 1. The first-order valence-electron chi connectivity index (χ1n) is 10.7. The second kappa shape index (κ2) is 9.34. The molecular formula is C24H27N3O4S. The molecule has 2 aliphatic heterocycles. The van der Waals surface area contributed by atoms with Gasteiger partial charge in [0.15, 0.2) is 11.5 Å². The van der Waals surface area contributed by atoms with Crippen LogP contribution in [0.1, 0.15) is 40.4 Å². The van der Waals surface area contributed by atoms with Crippen LogP contribution in [0, 0.1) is 5.92 Å². The first kappa shape index (κ1) is 22.4. The molecule has 0 radical (unpaired) electrons. The highest BCUT2D eigenvalue weighted by atomic mass is 32.2. The number of hydrazone groups is 1. The van der Waals surface area contributed by atoms with E-state index >= 15 is 0 Å². The van der Waals surface area contributed by atoms with Gasteiger partial charge in [0, 0.05) is 41.6 Å². The molecule has 168 valence electrons. The summed E-state index contributed by atoms with van der Waals surface area (Å²) in [5.41, 5.74) is 7.99. The Hall–Kier alpha value is -2.84. The predicted octanol–water partition coefficient (Wildman–Crippen LogP) is 3.00. The maximum absolute atomic E-state index is 13.0. The fraction of sp³-hybridized carbons (Fsp3) is 0.375. The highest BCUT2D eigenvalue weighted by molar-refractivity contribution is 7.99. The summed E-state index contributed by atoms with van der Waals surface area (Å²) >= 11 is 1.94. The third-order valence-electron chi connectivity index (χ3n) is 5.88. The molecule has 1 fully saturated rings. The number of thioether (sulfide) groups is 1. The number of benzene rings is 2. The molecule has 7 nitrogen and oxygen atoms in total. The molecule has 2 aliphatic rings.